The van der Waals surface area contributed by atoms with Crippen molar-refractivity contribution in [1.29, 1.82) is 0 Å². The molecule has 0 saturated carbocycles. The second-order valence-electron chi connectivity index (χ2n) is 6.62. The first-order valence-electron chi connectivity index (χ1n) is 8.97. The van der Waals surface area contributed by atoms with Gasteiger partial charge in [0.15, 0.2) is 0 Å². The van der Waals surface area contributed by atoms with Gasteiger partial charge in [0.05, 0.1) is 11.1 Å². The van der Waals surface area contributed by atoms with Crippen LogP contribution in [0.1, 0.15) is 15.9 Å². The third kappa shape index (κ3) is 3.55. The third-order valence-electron chi connectivity index (χ3n) is 4.76. The lowest BCUT2D eigenvalue weighted by atomic mass is 9.98. The van der Waals surface area contributed by atoms with Crippen LogP contribution in [0.15, 0.2) is 79.0 Å². The molecule has 0 aliphatic carbocycles. The summed E-state index contributed by atoms with van der Waals surface area (Å²) >= 11 is 0. The molecule has 4 rings (SSSR count). The normalized spacial score (nSPS) is 12.0. The highest BCUT2D eigenvalue weighted by atomic mass is 16.4. The lowest BCUT2D eigenvalue weighted by Crippen LogP contribution is -2.42. The first-order valence-corrected chi connectivity index (χ1v) is 8.97. The van der Waals surface area contributed by atoms with E-state index in [0.717, 1.165) is 27.2 Å². The van der Waals surface area contributed by atoms with E-state index in [4.69, 9.17) is 0 Å². The molecule has 0 aliphatic heterocycles. The number of pyridine rings is 1. The number of aliphatic carboxylic acids is 1. The number of aromatic nitrogens is 1. The van der Waals surface area contributed by atoms with Crippen molar-refractivity contribution in [3.8, 4) is 0 Å². The quantitative estimate of drug-likeness (QED) is 0.560. The van der Waals surface area contributed by atoms with E-state index < -0.39 is 17.9 Å². The molecule has 0 radical (unpaired) electrons. The van der Waals surface area contributed by atoms with Crippen LogP contribution in [-0.2, 0) is 11.2 Å². The van der Waals surface area contributed by atoms with Gasteiger partial charge >= 0.3 is 5.97 Å². The Hall–Kier alpha value is -3.73. The van der Waals surface area contributed by atoms with Crippen LogP contribution in [0.25, 0.3) is 21.7 Å². The monoisotopic (exact) mass is 370 g/mol. The smallest absolute Gasteiger partial charge is 0.326 e. The van der Waals surface area contributed by atoms with E-state index in [1.54, 1.807) is 6.07 Å². The van der Waals surface area contributed by atoms with Gasteiger partial charge in [0.25, 0.3) is 5.91 Å². The minimum absolute atomic E-state index is 0.198. The number of carbonyl (C=O) groups is 2. The number of nitrogens with one attached hydrogen (secondary N) is 1. The first-order chi connectivity index (χ1) is 13.6. The largest absolute Gasteiger partial charge is 0.480 e. The van der Waals surface area contributed by atoms with Gasteiger partial charge < -0.3 is 10.4 Å². The molecule has 0 fully saturated rings. The van der Waals surface area contributed by atoms with Crippen LogP contribution in [0, 0.1) is 0 Å². The standard InChI is InChI=1S/C23H18N2O3/c26-22(18-12-17-7-2-4-11-20(17)24-14-18)25-21(23(27)28)13-16-9-5-8-15-6-1-3-10-19(15)16/h1-12,14,21H,13H2,(H,25,26)(H,27,28)/t21-/m0/s1. The van der Waals surface area contributed by atoms with Crippen molar-refractivity contribution in [3.05, 3.63) is 90.1 Å². The molecular formula is C23H18N2O3. The van der Waals surface area contributed by atoms with E-state index in [1.165, 1.54) is 6.20 Å². The van der Waals surface area contributed by atoms with Crippen molar-refractivity contribution in [2.24, 2.45) is 0 Å². The van der Waals surface area contributed by atoms with Gasteiger partial charge in [-0.05, 0) is 28.5 Å². The lowest BCUT2D eigenvalue weighted by Gasteiger charge is -2.16. The summed E-state index contributed by atoms with van der Waals surface area (Å²) in [5.74, 6) is -1.53. The molecule has 0 bridgehead atoms. The summed E-state index contributed by atoms with van der Waals surface area (Å²) in [5.41, 5.74) is 2.00. The van der Waals surface area contributed by atoms with Crippen LogP contribution in [0.5, 0.6) is 0 Å². The van der Waals surface area contributed by atoms with E-state index in [0.29, 0.717) is 5.56 Å². The molecule has 3 aromatic carbocycles. The molecule has 0 saturated heterocycles. The van der Waals surface area contributed by atoms with Gasteiger partial charge in [0, 0.05) is 18.0 Å². The molecule has 0 spiro atoms. The number of para-hydroxylation sites is 1. The molecule has 1 amide bonds. The summed E-state index contributed by atoms with van der Waals surface area (Å²) < 4.78 is 0. The second-order valence-corrected chi connectivity index (χ2v) is 6.62. The van der Waals surface area contributed by atoms with Crippen LogP contribution in [0.2, 0.25) is 0 Å². The fourth-order valence-electron chi connectivity index (χ4n) is 3.33. The summed E-state index contributed by atoms with van der Waals surface area (Å²) in [5, 5.41) is 15.1. The number of benzene rings is 3. The summed E-state index contributed by atoms with van der Waals surface area (Å²) in [6.07, 6.45) is 1.66. The predicted molar refractivity (Wildman–Crippen MR) is 108 cm³/mol. The van der Waals surface area contributed by atoms with Crippen LogP contribution in [0.4, 0.5) is 0 Å². The van der Waals surface area contributed by atoms with E-state index >= 15 is 0 Å². The number of nitrogens with zero attached hydrogens (tertiary/aromatic N) is 1. The van der Waals surface area contributed by atoms with Crippen LogP contribution in [-0.4, -0.2) is 28.0 Å². The van der Waals surface area contributed by atoms with Gasteiger partial charge in [-0.15, -0.1) is 0 Å². The molecule has 2 N–H and O–H groups in total. The molecule has 1 atom stereocenters. The Morgan fingerprint density at radius 2 is 1.64 bits per heavy atom. The molecule has 1 heterocycles. The van der Waals surface area contributed by atoms with Crippen molar-refractivity contribution in [3.63, 3.8) is 0 Å². The molecule has 0 unspecified atom stereocenters. The Balaban J connectivity index is 1.59. The lowest BCUT2D eigenvalue weighted by molar-refractivity contribution is -0.139. The fraction of sp³-hybridized carbons (Fsp3) is 0.0870. The molecule has 0 aliphatic rings. The minimum Gasteiger partial charge on any atom is -0.480 e. The SMILES string of the molecule is O=C(N[C@@H](Cc1cccc2ccccc12)C(=O)O)c1cnc2ccccc2c1. The summed E-state index contributed by atoms with van der Waals surface area (Å²) in [6.45, 7) is 0. The van der Waals surface area contributed by atoms with Crippen LogP contribution >= 0.6 is 0 Å². The Morgan fingerprint density at radius 3 is 2.46 bits per heavy atom. The Bertz CT molecular complexity index is 1180. The Kier molecular flexibility index (Phi) is 4.72. The number of carboxylic acid groups (broad SMARTS) is 1. The minimum atomic E-state index is -1.07. The molecule has 138 valence electrons. The third-order valence-corrected chi connectivity index (χ3v) is 4.76. The van der Waals surface area contributed by atoms with E-state index in [9.17, 15) is 14.7 Å². The maximum absolute atomic E-state index is 12.6. The van der Waals surface area contributed by atoms with Gasteiger partial charge in [0.1, 0.15) is 6.04 Å². The highest BCUT2D eigenvalue weighted by molar-refractivity contribution is 5.99. The number of carboxylic acids is 1. The van der Waals surface area contributed by atoms with Gasteiger partial charge in [0.2, 0.25) is 0 Å². The number of hydrogen-bond donors (Lipinski definition) is 2. The Labute approximate surface area is 161 Å². The van der Waals surface area contributed by atoms with Gasteiger partial charge in [-0.1, -0.05) is 60.7 Å². The highest BCUT2D eigenvalue weighted by Gasteiger charge is 2.22. The first kappa shape index (κ1) is 17.7. The van der Waals surface area contributed by atoms with E-state index in [-0.39, 0.29) is 6.42 Å². The van der Waals surface area contributed by atoms with Crippen molar-refractivity contribution in [2.75, 3.05) is 0 Å². The van der Waals surface area contributed by atoms with Crippen LogP contribution in [0.3, 0.4) is 0 Å². The van der Waals surface area contributed by atoms with E-state index in [2.05, 4.69) is 10.3 Å². The molecule has 1 aromatic heterocycles. The average molecular weight is 370 g/mol. The number of hydrogen-bond acceptors (Lipinski definition) is 3. The van der Waals surface area contributed by atoms with Crippen molar-refractivity contribution in [2.45, 2.75) is 12.5 Å². The molecule has 28 heavy (non-hydrogen) atoms. The van der Waals surface area contributed by atoms with Crippen LogP contribution < -0.4 is 5.32 Å². The van der Waals surface area contributed by atoms with E-state index in [1.807, 2.05) is 66.7 Å². The number of carbonyl (C=O) groups excluding carboxylic acids is 1. The second kappa shape index (κ2) is 7.48. The topological polar surface area (TPSA) is 79.3 Å². The Morgan fingerprint density at radius 1 is 0.929 bits per heavy atom. The summed E-state index contributed by atoms with van der Waals surface area (Å²) in [4.78, 5) is 28.7. The van der Waals surface area contributed by atoms with Crippen molar-refractivity contribution >= 4 is 33.6 Å². The summed E-state index contributed by atoms with van der Waals surface area (Å²) in [6, 6.07) is 21.7. The maximum Gasteiger partial charge on any atom is 0.326 e. The zero-order valence-electron chi connectivity index (χ0n) is 15.0. The van der Waals surface area contributed by atoms with Crippen molar-refractivity contribution < 1.29 is 14.7 Å². The average Bonchev–Trinajstić information content (AvgIpc) is 2.73. The molecule has 5 nitrogen and oxygen atoms in total. The molecule has 5 heteroatoms. The maximum atomic E-state index is 12.6. The fourth-order valence-corrected chi connectivity index (χ4v) is 3.33. The summed E-state index contributed by atoms with van der Waals surface area (Å²) in [7, 11) is 0. The number of amides is 1. The highest BCUT2D eigenvalue weighted by Crippen LogP contribution is 2.20. The predicted octanol–water partition coefficient (Wildman–Crippen LogP) is 3.81. The molecular weight excluding hydrogens is 352 g/mol. The number of rotatable bonds is 5. The van der Waals surface area contributed by atoms with Gasteiger partial charge in [-0.3, -0.25) is 9.78 Å². The van der Waals surface area contributed by atoms with Crippen molar-refractivity contribution in [1.82, 2.24) is 10.3 Å². The zero-order chi connectivity index (χ0) is 19.5. The number of fused-ring (bicyclic) bond motifs is 2. The zero-order valence-corrected chi connectivity index (χ0v) is 15.0. The van der Waals surface area contributed by atoms with Gasteiger partial charge in [-0.2, -0.15) is 0 Å². The molecule has 4 aromatic rings. The van der Waals surface area contributed by atoms with Gasteiger partial charge in [-0.25, -0.2) is 4.79 Å².